The molecule has 1 aromatic carbocycles. The summed E-state index contributed by atoms with van der Waals surface area (Å²) in [6.45, 7) is 3.10. The van der Waals surface area contributed by atoms with Crippen LogP contribution in [0.5, 0.6) is 0 Å². The number of carbonyl (C=O) groups excluding carboxylic acids is 1. The molecule has 0 saturated heterocycles. The zero-order valence-electron chi connectivity index (χ0n) is 14.0. The molecule has 1 N–H and O–H groups in total. The fourth-order valence-electron chi connectivity index (χ4n) is 2.50. The predicted octanol–water partition coefficient (Wildman–Crippen LogP) is 3.79. The molecule has 140 valence electrons. The molecule has 0 aliphatic heterocycles. The minimum atomic E-state index is -3.69. The highest BCUT2D eigenvalue weighted by molar-refractivity contribution is 6.21. The summed E-state index contributed by atoms with van der Waals surface area (Å²) in [5.41, 5.74) is 0.224. The van der Waals surface area contributed by atoms with Gasteiger partial charge >= 0.3 is 5.38 Å². The number of carbonyl (C=O) groups is 1. The number of nitrogens with one attached hydrogen (secondary N) is 1. The molecule has 0 fully saturated rings. The van der Waals surface area contributed by atoms with E-state index >= 15 is 0 Å². The molecule has 2 heterocycles. The van der Waals surface area contributed by atoms with Gasteiger partial charge in [0.05, 0.1) is 4.92 Å². The minimum absolute atomic E-state index is 0.0379. The molecule has 11 heteroatoms. The van der Waals surface area contributed by atoms with Crippen molar-refractivity contribution >= 4 is 34.5 Å². The van der Waals surface area contributed by atoms with Crippen LogP contribution in [0.3, 0.4) is 0 Å². The Morgan fingerprint density at radius 3 is 2.59 bits per heavy atom. The van der Waals surface area contributed by atoms with Gasteiger partial charge in [-0.1, -0.05) is 0 Å². The Morgan fingerprint density at radius 2 is 2.00 bits per heavy atom. The van der Waals surface area contributed by atoms with E-state index in [2.05, 4.69) is 15.4 Å². The molecule has 0 aliphatic carbocycles. The number of nitro groups is 1. The van der Waals surface area contributed by atoms with E-state index < -0.39 is 21.9 Å². The fraction of sp³-hybridized carbons (Fsp3) is 0.188. The predicted molar refractivity (Wildman–Crippen MR) is 93.3 cm³/mol. The summed E-state index contributed by atoms with van der Waals surface area (Å²) < 4.78 is 28.0. The minimum Gasteiger partial charge on any atom is -0.320 e. The lowest BCUT2D eigenvalue weighted by Gasteiger charge is -2.10. The van der Waals surface area contributed by atoms with Gasteiger partial charge in [0.1, 0.15) is 5.69 Å². The van der Waals surface area contributed by atoms with Gasteiger partial charge in [-0.05, 0) is 43.1 Å². The highest BCUT2D eigenvalue weighted by Crippen LogP contribution is 2.32. The van der Waals surface area contributed by atoms with Crippen LogP contribution in [0.15, 0.2) is 30.3 Å². The van der Waals surface area contributed by atoms with Crippen molar-refractivity contribution < 1.29 is 18.5 Å². The molecule has 0 radical (unpaired) electrons. The van der Waals surface area contributed by atoms with Gasteiger partial charge in [0, 0.05) is 29.6 Å². The van der Waals surface area contributed by atoms with Crippen LogP contribution >= 0.6 is 11.6 Å². The van der Waals surface area contributed by atoms with Gasteiger partial charge in [0.2, 0.25) is 0 Å². The second-order valence-corrected chi connectivity index (χ2v) is 6.27. The maximum atomic E-state index is 13.6. The number of nitrogens with zero attached hydrogens (tertiary/aromatic N) is 4. The van der Waals surface area contributed by atoms with Gasteiger partial charge in [-0.25, -0.2) is 9.50 Å². The maximum absolute atomic E-state index is 13.6. The van der Waals surface area contributed by atoms with Gasteiger partial charge in [-0.15, -0.1) is 0 Å². The van der Waals surface area contributed by atoms with Gasteiger partial charge in [-0.2, -0.15) is 13.9 Å². The third-order valence-electron chi connectivity index (χ3n) is 3.75. The number of halogens is 3. The van der Waals surface area contributed by atoms with Crippen molar-refractivity contribution in [1.82, 2.24) is 14.6 Å². The Hall–Kier alpha value is -3.14. The van der Waals surface area contributed by atoms with E-state index in [1.54, 1.807) is 6.92 Å². The van der Waals surface area contributed by atoms with Crippen molar-refractivity contribution in [2.75, 3.05) is 5.32 Å². The van der Waals surface area contributed by atoms with Crippen molar-refractivity contribution in [3.8, 4) is 0 Å². The first kappa shape index (κ1) is 18.6. The van der Waals surface area contributed by atoms with Crippen LogP contribution in [0.4, 0.5) is 20.2 Å². The molecular weight excluding hydrogens is 384 g/mol. The van der Waals surface area contributed by atoms with Gasteiger partial charge in [-0.3, -0.25) is 14.9 Å². The number of alkyl halides is 3. The number of benzene rings is 1. The second-order valence-electron chi connectivity index (χ2n) is 5.79. The average molecular weight is 396 g/mol. The molecule has 0 spiro atoms. The van der Waals surface area contributed by atoms with Crippen LogP contribution in [0, 0.1) is 24.0 Å². The normalized spacial score (nSPS) is 11.6. The molecule has 0 bridgehead atoms. The fourth-order valence-corrected chi connectivity index (χ4v) is 2.64. The Bertz CT molecular complexity index is 1080. The molecule has 0 saturated carbocycles. The first-order chi connectivity index (χ1) is 12.6. The molecule has 3 rings (SSSR count). The number of hydrogen-bond acceptors (Lipinski definition) is 5. The van der Waals surface area contributed by atoms with Gasteiger partial charge in [0.25, 0.3) is 11.6 Å². The number of aromatic nitrogens is 3. The van der Waals surface area contributed by atoms with E-state index in [1.807, 2.05) is 0 Å². The highest BCUT2D eigenvalue weighted by Gasteiger charge is 2.32. The lowest BCUT2D eigenvalue weighted by molar-refractivity contribution is -0.384. The van der Waals surface area contributed by atoms with Crippen LogP contribution < -0.4 is 5.32 Å². The summed E-state index contributed by atoms with van der Waals surface area (Å²) in [6.07, 6.45) is 0. The quantitative estimate of drug-likeness (QED) is 0.411. The van der Waals surface area contributed by atoms with Gasteiger partial charge in [0.15, 0.2) is 11.3 Å². The number of amides is 1. The number of rotatable bonds is 4. The Balaban J connectivity index is 1.96. The summed E-state index contributed by atoms with van der Waals surface area (Å²) in [5.74, 6) is -0.682. The lowest BCUT2D eigenvalue weighted by atomic mass is 10.1. The van der Waals surface area contributed by atoms with Crippen molar-refractivity contribution in [1.29, 1.82) is 0 Å². The molecule has 0 aliphatic rings. The van der Waals surface area contributed by atoms with E-state index in [9.17, 15) is 23.7 Å². The molecule has 27 heavy (non-hydrogen) atoms. The first-order valence-electron chi connectivity index (χ1n) is 7.57. The summed E-state index contributed by atoms with van der Waals surface area (Å²) in [6, 6.07) is 6.24. The molecular formula is C16H12ClF2N5O3. The van der Waals surface area contributed by atoms with Crippen LogP contribution in [-0.2, 0) is 5.38 Å². The Morgan fingerprint density at radius 1 is 1.30 bits per heavy atom. The van der Waals surface area contributed by atoms with Crippen LogP contribution in [0.25, 0.3) is 5.65 Å². The number of non-ortho nitro benzene ring substituents is 1. The van der Waals surface area contributed by atoms with Gasteiger partial charge < -0.3 is 5.32 Å². The van der Waals surface area contributed by atoms with Crippen LogP contribution in [0.2, 0.25) is 0 Å². The van der Waals surface area contributed by atoms with E-state index in [1.165, 1.54) is 31.2 Å². The summed E-state index contributed by atoms with van der Waals surface area (Å²) in [5, 5.41) is 13.5. The zero-order chi connectivity index (χ0) is 19.9. The molecule has 0 atom stereocenters. The van der Waals surface area contributed by atoms with E-state index in [-0.39, 0.29) is 22.7 Å². The van der Waals surface area contributed by atoms with E-state index in [0.29, 0.717) is 11.3 Å². The van der Waals surface area contributed by atoms with Crippen molar-refractivity contribution in [3.05, 3.63) is 63.1 Å². The molecule has 1 amide bonds. The smallest absolute Gasteiger partial charge is 0.320 e. The first-order valence-corrected chi connectivity index (χ1v) is 7.95. The highest BCUT2D eigenvalue weighted by atomic mass is 35.5. The van der Waals surface area contributed by atoms with Crippen LogP contribution in [0.1, 0.15) is 27.4 Å². The van der Waals surface area contributed by atoms with Crippen molar-refractivity contribution in [2.24, 2.45) is 0 Å². The topological polar surface area (TPSA) is 102 Å². The number of nitro benzene ring substituents is 1. The maximum Gasteiger partial charge on any atom is 0.364 e. The molecule has 0 unspecified atom stereocenters. The third-order valence-corrected chi connectivity index (χ3v) is 3.94. The number of aryl methyl sites for hydroxylation is 2. The zero-order valence-corrected chi connectivity index (χ0v) is 14.8. The summed E-state index contributed by atoms with van der Waals surface area (Å²) in [7, 11) is 0. The summed E-state index contributed by atoms with van der Waals surface area (Å²) >= 11 is 5.11. The van der Waals surface area contributed by atoms with Crippen LogP contribution in [-0.4, -0.2) is 25.4 Å². The number of anilines is 1. The number of fused-ring (bicyclic) bond motifs is 1. The Kier molecular flexibility index (Phi) is 4.52. The third kappa shape index (κ3) is 3.70. The number of hydrogen-bond donors (Lipinski definition) is 1. The largest absolute Gasteiger partial charge is 0.364 e. The van der Waals surface area contributed by atoms with Crippen molar-refractivity contribution in [3.63, 3.8) is 0 Å². The molecule has 2 aromatic heterocycles. The molecule has 8 nitrogen and oxygen atoms in total. The SMILES string of the molecule is Cc1cc(C(F)(F)Cl)n2nc(C(=O)Nc3ccc([N+](=O)[O-])cc3C)cc2n1. The lowest BCUT2D eigenvalue weighted by Crippen LogP contribution is -2.15. The Labute approximate surface area is 155 Å². The van der Waals surface area contributed by atoms with E-state index in [4.69, 9.17) is 11.6 Å². The average Bonchev–Trinajstić information content (AvgIpc) is 2.98. The van der Waals surface area contributed by atoms with Crippen molar-refractivity contribution in [2.45, 2.75) is 19.2 Å². The standard InChI is InChI=1S/C16H12ClF2N5O3/c1-8-5-10(24(26)27)3-4-11(8)21-15(25)12-7-14-20-9(2)6-13(16(17,18)19)23(14)22-12/h3-7H,1-2H3,(H,21,25). The second kappa shape index (κ2) is 6.54. The summed E-state index contributed by atoms with van der Waals surface area (Å²) in [4.78, 5) is 26.7. The van der Waals surface area contributed by atoms with E-state index in [0.717, 1.165) is 10.6 Å². The molecule has 3 aromatic rings. The monoisotopic (exact) mass is 395 g/mol.